The fourth-order valence-electron chi connectivity index (χ4n) is 1.13. The first-order chi connectivity index (χ1) is 5.74. The molecule has 0 radical (unpaired) electrons. The van der Waals surface area contributed by atoms with Crippen molar-refractivity contribution in [3.8, 4) is 5.75 Å². The Balaban J connectivity index is 2.82. The standard InChI is InChI=1S/C10H15OS/c1-11-10-7-5-4-6-9(10)8-12(2)3/h4-7H,8H2,1-3H3/q+1. The topological polar surface area (TPSA) is 9.23 Å². The summed E-state index contributed by atoms with van der Waals surface area (Å²) in [4.78, 5) is 0. The van der Waals surface area contributed by atoms with Gasteiger partial charge in [-0.1, -0.05) is 18.2 Å². The lowest BCUT2D eigenvalue weighted by molar-refractivity contribution is 0.411. The summed E-state index contributed by atoms with van der Waals surface area (Å²) in [5, 5.41) is 0. The third-order valence-electron chi connectivity index (χ3n) is 1.64. The minimum Gasteiger partial charge on any atom is -0.496 e. The van der Waals surface area contributed by atoms with E-state index in [2.05, 4.69) is 24.6 Å². The monoisotopic (exact) mass is 183 g/mol. The van der Waals surface area contributed by atoms with E-state index in [9.17, 15) is 0 Å². The van der Waals surface area contributed by atoms with Crippen LogP contribution in [0.3, 0.4) is 0 Å². The number of rotatable bonds is 3. The molecular weight excluding hydrogens is 168 g/mol. The summed E-state index contributed by atoms with van der Waals surface area (Å²) in [6.07, 6.45) is 4.49. The van der Waals surface area contributed by atoms with E-state index in [1.807, 2.05) is 12.1 Å². The quantitative estimate of drug-likeness (QED) is 0.652. The molecule has 0 saturated carbocycles. The number of para-hydroxylation sites is 1. The zero-order valence-corrected chi connectivity index (χ0v) is 8.65. The van der Waals surface area contributed by atoms with Crippen LogP contribution in [0.15, 0.2) is 24.3 Å². The summed E-state index contributed by atoms with van der Waals surface area (Å²) in [6.45, 7) is 0. The van der Waals surface area contributed by atoms with Gasteiger partial charge in [0.1, 0.15) is 11.5 Å². The molecule has 66 valence electrons. The van der Waals surface area contributed by atoms with Crippen LogP contribution in [0.1, 0.15) is 5.56 Å². The molecule has 1 nitrogen and oxygen atoms in total. The minimum atomic E-state index is 0.442. The second kappa shape index (κ2) is 4.41. The van der Waals surface area contributed by atoms with Gasteiger partial charge in [0.15, 0.2) is 0 Å². The van der Waals surface area contributed by atoms with Gasteiger partial charge >= 0.3 is 0 Å². The van der Waals surface area contributed by atoms with E-state index >= 15 is 0 Å². The molecule has 1 aromatic rings. The van der Waals surface area contributed by atoms with Crippen molar-refractivity contribution in [1.82, 2.24) is 0 Å². The Morgan fingerprint density at radius 2 is 1.92 bits per heavy atom. The van der Waals surface area contributed by atoms with Crippen LogP contribution in [0, 0.1) is 0 Å². The highest BCUT2D eigenvalue weighted by atomic mass is 32.2. The summed E-state index contributed by atoms with van der Waals surface area (Å²) in [5.41, 5.74) is 1.31. The van der Waals surface area contributed by atoms with Crippen molar-refractivity contribution in [2.24, 2.45) is 0 Å². The van der Waals surface area contributed by atoms with Gasteiger partial charge in [0.05, 0.1) is 19.6 Å². The van der Waals surface area contributed by atoms with Gasteiger partial charge in [-0.25, -0.2) is 0 Å². The van der Waals surface area contributed by atoms with Crippen LogP contribution in [0.2, 0.25) is 0 Å². The minimum absolute atomic E-state index is 0.442. The van der Waals surface area contributed by atoms with Crippen LogP contribution in [-0.2, 0) is 16.6 Å². The smallest absolute Gasteiger partial charge is 0.136 e. The van der Waals surface area contributed by atoms with Crippen molar-refractivity contribution in [3.05, 3.63) is 29.8 Å². The average molecular weight is 183 g/mol. The van der Waals surface area contributed by atoms with Crippen molar-refractivity contribution in [3.63, 3.8) is 0 Å². The lowest BCUT2D eigenvalue weighted by Gasteiger charge is -2.05. The summed E-state index contributed by atoms with van der Waals surface area (Å²) in [5.74, 6) is 2.13. The van der Waals surface area contributed by atoms with E-state index in [1.54, 1.807) is 7.11 Å². The maximum Gasteiger partial charge on any atom is 0.136 e. The summed E-state index contributed by atoms with van der Waals surface area (Å²) in [6, 6.07) is 8.21. The Morgan fingerprint density at radius 3 is 2.50 bits per heavy atom. The van der Waals surface area contributed by atoms with Crippen LogP contribution in [0.25, 0.3) is 0 Å². The van der Waals surface area contributed by atoms with E-state index in [0.717, 1.165) is 11.5 Å². The molecule has 0 aliphatic rings. The second-order valence-corrected chi connectivity index (χ2v) is 5.20. The van der Waals surface area contributed by atoms with Gasteiger partial charge in [0, 0.05) is 5.56 Å². The van der Waals surface area contributed by atoms with E-state index in [0.29, 0.717) is 10.9 Å². The molecule has 0 aliphatic heterocycles. The molecule has 12 heavy (non-hydrogen) atoms. The molecule has 0 spiro atoms. The normalized spacial score (nSPS) is 10.3. The van der Waals surface area contributed by atoms with Crippen LogP contribution in [0.4, 0.5) is 0 Å². The van der Waals surface area contributed by atoms with Crippen molar-refractivity contribution >= 4 is 10.9 Å². The maximum atomic E-state index is 5.25. The lowest BCUT2D eigenvalue weighted by Crippen LogP contribution is -2.01. The molecule has 1 rings (SSSR count). The molecule has 2 heteroatoms. The van der Waals surface area contributed by atoms with E-state index in [4.69, 9.17) is 4.74 Å². The van der Waals surface area contributed by atoms with E-state index < -0.39 is 0 Å². The Bertz CT molecular complexity index is 245. The first kappa shape index (κ1) is 9.46. The Kier molecular flexibility index (Phi) is 3.48. The zero-order chi connectivity index (χ0) is 8.97. The van der Waals surface area contributed by atoms with Crippen molar-refractivity contribution in [1.29, 1.82) is 0 Å². The molecule has 0 saturated heterocycles. The largest absolute Gasteiger partial charge is 0.496 e. The first-order valence-corrected chi connectivity index (χ1v) is 6.11. The zero-order valence-electron chi connectivity index (χ0n) is 7.83. The summed E-state index contributed by atoms with van der Waals surface area (Å²) >= 11 is 0. The first-order valence-electron chi connectivity index (χ1n) is 3.90. The molecule has 0 unspecified atom stereocenters. The highest BCUT2D eigenvalue weighted by Crippen LogP contribution is 2.19. The van der Waals surface area contributed by atoms with Gasteiger partial charge in [0.2, 0.25) is 0 Å². The molecule has 0 aromatic heterocycles. The van der Waals surface area contributed by atoms with Gasteiger partial charge in [-0.15, -0.1) is 0 Å². The van der Waals surface area contributed by atoms with Crippen molar-refractivity contribution in [2.75, 3.05) is 19.6 Å². The number of benzene rings is 1. The Labute approximate surface area is 77.1 Å². The number of ether oxygens (including phenoxy) is 1. The van der Waals surface area contributed by atoms with E-state index in [-0.39, 0.29) is 0 Å². The lowest BCUT2D eigenvalue weighted by atomic mass is 10.2. The van der Waals surface area contributed by atoms with Crippen molar-refractivity contribution < 1.29 is 4.74 Å². The van der Waals surface area contributed by atoms with Crippen LogP contribution >= 0.6 is 0 Å². The van der Waals surface area contributed by atoms with Crippen LogP contribution in [0.5, 0.6) is 5.75 Å². The Morgan fingerprint density at radius 1 is 1.25 bits per heavy atom. The van der Waals surface area contributed by atoms with Crippen LogP contribution in [-0.4, -0.2) is 19.6 Å². The summed E-state index contributed by atoms with van der Waals surface area (Å²) in [7, 11) is 2.17. The van der Waals surface area contributed by atoms with Gasteiger partial charge in [-0.05, 0) is 17.0 Å². The van der Waals surface area contributed by atoms with Gasteiger partial charge in [-0.3, -0.25) is 0 Å². The predicted molar refractivity (Wildman–Crippen MR) is 55.9 cm³/mol. The van der Waals surface area contributed by atoms with E-state index in [1.165, 1.54) is 5.56 Å². The molecule has 0 heterocycles. The Hall–Kier alpha value is -0.630. The number of hydrogen-bond donors (Lipinski definition) is 0. The SMILES string of the molecule is COc1ccccc1C[S+](C)C. The van der Waals surface area contributed by atoms with Crippen molar-refractivity contribution in [2.45, 2.75) is 5.75 Å². The number of methoxy groups -OCH3 is 1. The van der Waals surface area contributed by atoms with Gasteiger partial charge in [-0.2, -0.15) is 0 Å². The third kappa shape index (κ3) is 2.45. The molecule has 0 aliphatic carbocycles. The fourth-order valence-corrected chi connectivity index (χ4v) is 1.99. The highest BCUT2D eigenvalue weighted by molar-refractivity contribution is 7.94. The molecular formula is C10H15OS+. The summed E-state index contributed by atoms with van der Waals surface area (Å²) < 4.78 is 5.25. The molecule has 0 N–H and O–H groups in total. The third-order valence-corrected chi connectivity index (χ3v) is 2.53. The second-order valence-electron chi connectivity index (χ2n) is 2.94. The van der Waals surface area contributed by atoms with Crippen LogP contribution < -0.4 is 4.74 Å². The van der Waals surface area contributed by atoms with Gasteiger partial charge < -0.3 is 4.74 Å². The number of hydrogen-bond acceptors (Lipinski definition) is 1. The molecule has 0 amide bonds. The highest BCUT2D eigenvalue weighted by Gasteiger charge is 2.08. The average Bonchev–Trinajstić information content (AvgIpc) is 2.04. The maximum absolute atomic E-state index is 5.25. The molecule has 1 aromatic carbocycles. The molecule has 0 bridgehead atoms. The van der Waals surface area contributed by atoms with Gasteiger partial charge in [0.25, 0.3) is 0 Å². The fraction of sp³-hybridized carbons (Fsp3) is 0.400. The molecule has 0 fully saturated rings. The predicted octanol–water partition coefficient (Wildman–Crippen LogP) is 2.07. The molecule has 0 atom stereocenters.